The Morgan fingerprint density at radius 1 is 0.432 bits per heavy atom. The van der Waals surface area contributed by atoms with E-state index in [-0.39, 0.29) is 0 Å². The molecule has 3 nitrogen and oxygen atoms in total. The second-order valence-corrected chi connectivity index (χ2v) is 9.40. The lowest BCUT2D eigenvalue weighted by atomic mass is 9.95. The van der Waals surface area contributed by atoms with Gasteiger partial charge in [0.25, 0.3) is 0 Å². The molecule has 0 radical (unpaired) electrons. The third kappa shape index (κ3) is 3.08. The Balaban J connectivity index is 1.25. The summed E-state index contributed by atoms with van der Waals surface area (Å²) in [7, 11) is 0. The van der Waals surface area contributed by atoms with Crippen molar-refractivity contribution in [3.63, 3.8) is 0 Å². The zero-order valence-corrected chi connectivity index (χ0v) is 19.9. The van der Waals surface area contributed by atoms with E-state index in [1.807, 2.05) is 36.4 Å². The van der Waals surface area contributed by atoms with Gasteiger partial charge < -0.3 is 9.47 Å². The van der Waals surface area contributed by atoms with Crippen LogP contribution >= 0.6 is 0 Å². The van der Waals surface area contributed by atoms with E-state index in [0.29, 0.717) is 0 Å². The highest BCUT2D eigenvalue weighted by molar-refractivity contribution is 5.97. The lowest BCUT2D eigenvalue weighted by Crippen LogP contribution is -2.20. The summed E-state index contributed by atoms with van der Waals surface area (Å²) in [5, 5.41) is 2.51. The SMILES string of the molecule is c1ccc2c(c1)Oc1cc(-c3ccc(-c4cccc5ccccc45)cc3)cc3c1N2c1ccccc1O3. The zero-order valence-electron chi connectivity index (χ0n) is 19.9. The van der Waals surface area contributed by atoms with Gasteiger partial charge in [0.2, 0.25) is 0 Å². The normalized spacial score (nSPS) is 12.7. The minimum absolute atomic E-state index is 0.791. The van der Waals surface area contributed by atoms with Gasteiger partial charge >= 0.3 is 0 Å². The fraction of sp³-hybridized carbons (Fsp3) is 0. The molecule has 0 saturated heterocycles. The van der Waals surface area contributed by atoms with Gasteiger partial charge in [-0.2, -0.15) is 0 Å². The van der Waals surface area contributed by atoms with Crippen LogP contribution in [0.2, 0.25) is 0 Å². The molecule has 0 unspecified atom stereocenters. The topological polar surface area (TPSA) is 21.7 Å². The van der Waals surface area contributed by atoms with Crippen molar-refractivity contribution < 1.29 is 9.47 Å². The lowest BCUT2D eigenvalue weighted by Gasteiger charge is -2.38. The van der Waals surface area contributed by atoms with E-state index in [2.05, 4.69) is 95.9 Å². The number of nitrogens with zero attached hydrogens (tertiary/aromatic N) is 1. The molecule has 0 aromatic heterocycles. The molecule has 174 valence electrons. The molecule has 0 saturated carbocycles. The summed E-state index contributed by atoms with van der Waals surface area (Å²) in [6.07, 6.45) is 0. The molecule has 37 heavy (non-hydrogen) atoms. The van der Waals surface area contributed by atoms with Crippen LogP contribution in [0.4, 0.5) is 17.1 Å². The second kappa shape index (κ2) is 7.74. The van der Waals surface area contributed by atoms with Crippen LogP contribution in [0.25, 0.3) is 33.0 Å². The Hall–Kier alpha value is -5.02. The lowest BCUT2D eigenvalue weighted by molar-refractivity contribution is 0.446. The summed E-state index contributed by atoms with van der Waals surface area (Å²) in [6.45, 7) is 0. The molecule has 0 spiro atoms. The molecule has 3 heteroatoms. The van der Waals surface area contributed by atoms with Gasteiger partial charge in [-0.1, -0.05) is 91.0 Å². The Labute approximate surface area is 214 Å². The van der Waals surface area contributed by atoms with Gasteiger partial charge in [0.1, 0.15) is 5.69 Å². The minimum atomic E-state index is 0.791. The molecule has 2 aliphatic rings. The fourth-order valence-electron chi connectivity index (χ4n) is 5.51. The third-order valence-corrected chi connectivity index (χ3v) is 7.23. The van der Waals surface area contributed by atoms with Gasteiger partial charge in [0.15, 0.2) is 23.0 Å². The predicted octanol–water partition coefficient (Wildman–Crippen LogP) is 9.85. The molecule has 0 atom stereocenters. The van der Waals surface area contributed by atoms with Crippen molar-refractivity contribution in [1.82, 2.24) is 0 Å². The molecule has 2 aliphatic heterocycles. The quantitative estimate of drug-likeness (QED) is 0.248. The fourth-order valence-corrected chi connectivity index (χ4v) is 5.51. The van der Waals surface area contributed by atoms with E-state index in [4.69, 9.17) is 9.47 Å². The van der Waals surface area contributed by atoms with Crippen LogP contribution in [-0.2, 0) is 0 Å². The Kier molecular flexibility index (Phi) is 4.23. The van der Waals surface area contributed by atoms with E-state index in [0.717, 1.165) is 51.2 Å². The first-order valence-corrected chi connectivity index (χ1v) is 12.4. The van der Waals surface area contributed by atoms with Crippen LogP contribution in [0, 0.1) is 0 Å². The number of rotatable bonds is 2. The van der Waals surface area contributed by atoms with Crippen molar-refractivity contribution in [3.05, 3.63) is 127 Å². The predicted molar refractivity (Wildman–Crippen MR) is 150 cm³/mol. The van der Waals surface area contributed by atoms with E-state index in [1.54, 1.807) is 0 Å². The summed E-state index contributed by atoms with van der Waals surface area (Å²) < 4.78 is 12.8. The Morgan fingerprint density at radius 2 is 1.00 bits per heavy atom. The Morgan fingerprint density at radius 3 is 1.70 bits per heavy atom. The zero-order chi connectivity index (χ0) is 24.3. The maximum atomic E-state index is 6.42. The molecular formula is C34H21NO2. The van der Waals surface area contributed by atoms with Crippen LogP contribution in [0.5, 0.6) is 23.0 Å². The number of ether oxygens (including phenoxy) is 2. The standard InChI is InChI=1S/C34H21NO2/c1-2-10-26-23(8-1)9-7-11-27(26)24-18-16-22(17-19-24)25-20-32-34-33(21-25)37-31-15-6-4-13-29(31)35(34)28-12-3-5-14-30(28)36-32/h1-21H. The number of benzene rings is 6. The number of anilines is 3. The second-order valence-electron chi connectivity index (χ2n) is 9.40. The first-order chi connectivity index (χ1) is 18.3. The molecule has 8 rings (SSSR count). The first kappa shape index (κ1) is 20.2. The van der Waals surface area contributed by atoms with Crippen LogP contribution in [0.1, 0.15) is 0 Å². The monoisotopic (exact) mass is 475 g/mol. The molecule has 0 aliphatic carbocycles. The smallest absolute Gasteiger partial charge is 0.156 e. The molecule has 0 N–H and O–H groups in total. The van der Waals surface area contributed by atoms with E-state index in [1.165, 1.54) is 21.9 Å². The van der Waals surface area contributed by atoms with Crippen molar-refractivity contribution in [2.45, 2.75) is 0 Å². The van der Waals surface area contributed by atoms with Crippen molar-refractivity contribution in [2.75, 3.05) is 4.90 Å². The number of hydrogen-bond acceptors (Lipinski definition) is 3. The first-order valence-electron chi connectivity index (χ1n) is 12.4. The Bertz CT molecular complexity index is 1760. The molecule has 2 heterocycles. The van der Waals surface area contributed by atoms with Crippen LogP contribution in [-0.4, -0.2) is 0 Å². The van der Waals surface area contributed by atoms with Crippen LogP contribution in [0.15, 0.2) is 127 Å². The van der Waals surface area contributed by atoms with Crippen molar-refractivity contribution in [2.24, 2.45) is 0 Å². The minimum Gasteiger partial charge on any atom is -0.453 e. The van der Waals surface area contributed by atoms with Gasteiger partial charge in [0, 0.05) is 0 Å². The maximum Gasteiger partial charge on any atom is 0.156 e. The van der Waals surface area contributed by atoms with Gasteiger partial charge in [-0.25, -0.2) is 0 Å². The summed E-state index contributed by atoms with van der Waals surface area (Å²) in [6, 6.07) is 44.3. The summed E-state index contributed by atoms with van der Waals surface area (Å²) in [4.78, 5) is 2.25. The molecule has 6 aromatic rings. The van der Waals surface area contributed by atoms with Gasteiger partial charge in [-0.05, 0) is 69.4 Å². The highest BCUT2D eigenvalue weighted by atomic mass is 16.5. The summed E-state index contributed by atoms with van der Waals surface area (Å²) >= 11 is 0. The molecule has 0 fully saturated rings. The average Bonchev–Trinajstić information content (AvgIpc) is 2.96. The van der Waals surface area contributed by atoms with Gasteiger partial charge in [-0.15, -0.1) is 0 Å². The van der Waals surface area contributed by atoms with Crippen molar-refractivity contribution in [1.29, 1.82) is 0 Å². The highest BCUT2D eigenvalue weighted by Crippen LogP contribution is 2.60. The number of para-hydroxylation sites is 4. The summed E-state index contributed by atoms with van der Waals surface area (Å²) in [5.41, 5.74) is 7.56. The van der Waals surface area contributed by atoms with Crippen molar-refractivity contribution in [3.8, 4) is 45.3 Å². The number of hydrogen-bond donors (Lipinski definition) is 0. The third-order valence-electron chi connectivity index (χ3n) is 7.23. The number of fused-ring (bicyclic) bond motifs is 5. The molecule has 0 amide bonds. The maximum absolute atomic E-state index is 6.42. The van der Waals surface area contributed by atoms with E-state index < -0.39 is 0 Å². The average molecular weight is 476 g/mol. The van der Waals surface area contributed by atoms with Gasteiger partial charge in [0.05, 0.1) is 11.4 Å². The van der Waals surface area contributed by atoms with Crippen LogP contribution < -0.4 is 14.4 Å². The van der Waals surface area contributed by atoms with E-state index >= 15 is 0 Å². The molecule has 0 bridgehead atoms. The molecule has 6 aromatic carbocycles. The highest BCUT2D eigenvalue weighted by Gasteiger charge is 2.34. The largest absolute Gasteiger partial charge is 0.453 e. The summed E-state index contributed by atoms with van der Waals surface area (Å²) in [5.74, 6) is 3.25. The van der Waals surface area contributed by atoms with E-state index in [9.17, 15) is 0 Å². The van der Waals surface area contributed by atoms with Gasteiger partial charge in [-0.3, -0.25) is 4.90 Å². The van der Waals surface area contributed by atoms with Crippen LogP contribution in [0.3, 0.4) is 0 Å². The van der Waals surface area contributed by atoms with Crippen molar-refractivity contribution >= 4 is 27.8 Å². The molecular weight excluding hydrogens is 454 g/mol.